The van der Waals surface area contributed by atoms with E-state index in [0.717, 1.165) is 45.3 Å². The molecule has 2 amide bonds. The fourth-order valence-electron chi connectivity index (χ4n) is 4.06. The predicted molar refractivity (Wildman–Crippen MR) is 132 cm³/mol. The minimum atomic E-state index is -0.204. The maximum absolute atomic E-state index is 12.6. The number of hydrogen-bond acceptors (Lipinski definition) is 5. The van der Waals surface area contributed by atoms with Gasteiger partial charge in [0.05, 0.1) is 23.4 Å². The Morgan fingerprint density at radius 3 is 2.67 bits per heavy atom. The van der Waals surface area contributed by atoms with Crippen LogP contribution in [0.3, 0.4) is 0 Å². The maximum Gasteiger partial charge on any atom is 0.255 e. The van der Waals surface area contributed by atoms with Crippen LogP contribution in [0, 0.1) is 5.92 Å². The topological polar surface area (TPSA) is 96.7 Å². The zero-order valence-electron chi connectivity index (χ0n) is 19.1. The number of likely N-dealkylation sites (tertiary alicyclic amines) is 1. The molecule has 2 aromatic rings. The van der Waals surface area contributed by atoms with Crippen LogP contribution in [0.25, 0.3) is 0 Å². The Kier molecular flexibility index (Phi) is 9.39. The van der Waals surface area contributed by atoms with Crippen molar-refractivity contribution in [3.8, 4) is 5.75 Å². The highest BCUT2D eigenvalue weighted by Crippen LogP contribution is 2.29. The summed E-state index contributed by atoms with van der Waals surface area (Å²) in [5.74, 6) is 0.625. The van der Waals surface area contributed by atoms with Gasteiger partial charge in [0.2, 0.25) is 0 Å². The lowest BCUT2D eigenvalue weighted by molar-refractivity contribution is 0.0939. The summed E-state index contributed by atoms with van der Waals surface area (Å²) in [4.78, 5) is 27.1. The largest absolute Gasteiger partial charge is 0.496 e. The molecule has 178 valence electrons. The molecular formula is C25H33ClN4O3. The molecular weight excluding hydrogens is 440 g/mol. The van der Waals surface area contributed by atoms with Crippen molar-refractivity contribution in [1.29, 1.82) is 0 Å². The summed E-state index contributed by atoms with van der Waals surface area (Å²) in [6, 6.07) is 12.4. The van der Waals surface area contributed by atoms with Crippen molar-refractivity contribution in [1.82, 2.24) is 15.5 Å². The van der Waals surface area contributed by atoms with Crippen molar-refractivity contribution in [2.24, 2.45) is 5.92 Å². The fraction of sp³-hybridized carbons (Fsp3) is 0.440. The average Bonchev–Trinajstić information content (AvgIpc) is 3.29. The summed E-state index contributed by atoms with van der Waals surface area (Å²) in [6.45, 7) is 4.37. The number of halogens is 1. The van der Waals surface area contributed by atoms with Gasteiger partial charge in [0.25, 0.3) is 11.8 Å². The van der Waals surface area contributed by atoms with Crippen molar-refractivity contribution in [3.63, 3.8) is 0 Å². The molecule has 1 saturated heterocycles. The first-order chi connectivity index (χ1) is 16.0. The first-order valence-corrected chi connectivity index (χ1v) is 11.8. The Balaban J connectivity index is 1.30. The van der Waals surface area contributed by atoms with Crippen molar-refractivity contribution in [2.45, 2.75) is 25.7 Å². The van der Waals surface area contributed by atoms with Gasteiger partial charge < -0.3 is 26.0 Å². The molecule has 33 heavy (non-hydrogen) atoms. The number of ether oxygens (including phenoxy) is 1. The molecule has 1 atom stereocenters. The second kappa shape index (κ2) is 12.5. The third-order valence-corrected chi connectivity index (χ3v) is 6.28. The second-order valence-corrected chi connectivity index (χ2v) is 8.83. The Morgan fingerprint density at radius 2 is 1.91 bits per heavy atom. The Morgan fingerprint density at radius 1 is 1.12 bits per heavy atom. The number of amides is 2. The zero-order chi connectivity index (χ0) is 23.6. The van der Waals surface area contributed by atoms with Crippen molar-refractivity contribution in [2.75, 3.05) is 45.6 Å². The summed E-state index contributed by atoms with van der Waals surface area (Å²) < 4.78 is 5.27. The Hall–Kier alpha value is -2.77. The quantitative estimate of drug-likeness (QED) is 0.343. The molecule has 0 aromatic heterocycles. The van der Waals surface area contributed by atoms with Crippen LogP contribution in [0.15, 0.2) is 42.5 Å². The van der Waals surface area contributed by atoms with E-state index < -0.39 is 0 Å². The standard InChI is InChI=1S/C25H33ClN4O3/c1-33-23-15-22(27)21(26)14-20(23)25(32)29-16-18-10-13-30(17-18)12-7-3-6-11-28-24(31)19-8-4-2-5-9-19/h2,4-5,8-9,14-15,18H,3,6-7,10-13,16-17,27H2,1H3,(H,28,31)(H,29,32)/t18-/m1/s1. The highest BCUT2D eigenvalue weighted by atomic mass is 35.5. The molecule has 4 N–H and O–H groups in total. The molecule has 1 aliphatic heterocycles. The van der Waals surface area contributed by atoms with E-state index in [2.05, 4.69) is 15.5 Å². The summed E-state index contributed by atoms with van der Waals surface area (Å²) in [5.41, 5.74) is 7.27. The smallest absolute Gasteiger partial charge is 0.255 e. The number of unbranched alkanes of at least 4 members (excludes halogenated alkanes) is 2. The third kappa shape index (κ3) is 7.37. The van der Waals surface area contributed by atoms with Crippen LogP contribution in [0.2, 0.25) is 5.02 Å². The van der Waals surface area contributed by atoms with E-state index in [9.17, 15) is 9.59 Å². The van der Waals surface area contributed by atoms with Crippen LogP contribution in [-0.4, -0.2) is 56.5 Å². The molecule has 2 aromatic carbocycles. The molecule has 0 unspecified atom stereocenters. The molecule has 8 heteroatoms. The fourth-order valence-corrected chi connectivity index (χ4v) is 4.22. The number of nitrogens with one attached hydrogen (secondary N) is 2. The zero-order valence-corrected chi connectivity index (χ0v) is 19.9. The molecule has 1 fully saturated rings. The van der Waals surface area contributed by atoms with E-state index >= 15 is 0 Å². The average molecular weight is 473 g/mol. The number of carbonyl (C=O) groups is 2. The third-order valence-electron chi connectivity index (χ3n) is 5.96. The maximum atomic E-state index is 12.6. The van der Waals surface area contributed by atoms with Gasteiger partial charge in [0, 0.05) is 31.3 Å². The minimum absolute atomic E-state index is 0.0149. The highest BCUT2D eigenvalue weighted by molar-refractivity contribution is 6.33. The van der Waals surface area contributed by atoms with Gasteiger partial charge in [0.15, 0.2) is 0 Å². The number of methoxy groups -OCH3 is 1. The van der Waals surface area contributed by atoms with Crippen LogP contribution in [0.1, 0.15) is 46.4 Å². The Labute approximate surface area is 200 Å². The lowest BCUT2D eigenvalue weighted by Crippen LogP contribution is -2.31. The summed E-state index contributed by atoms with van der Waals surface area (Å²) in [7, 11) is 1.51. The van der Waals surface area contributed by atoms with E-state index in [-0.39, 0.29) is 11.8 Å². The lowest BCUT2D eigenvalue weighted by atomic mass is 10.1. The summed E-state index contributed by atoms with van der Waals surface area (Å²) >= 11 is 6.07. The first kappa shape index (κ1) is 24.9. The number of nitrogens with two attached hydrogens (primary N) is 1. The van der Waals surface area contributed by atoms with Crippen LogP contribution in [0.5, 0.6) is 5.75 Å². The van der Waals surface area contributed by atoms with Gasteiger partial charge in [0.1, 0.15) is 5.75 Å². The minimum Gasteiger partial charge on any atom is -0.496 e. The van der Waals surface area contributed by atoms with Gasteiger partial charge in [-0.3, -0.25) is 9.59 Å². The van der Waals surface area contributed by atoms with Crippen molar-refractivity contribution in [3.05, 3.63) is 58.6 Å². The van der Waals surface area contributed by atoms with E-state index in [1.54, 1.807) is 12.1 Å². The number of anilines is 1. The summed E-state index contributed by atoms with van der Waals surface area (Å²) in [5, 5.41) is 6.32. The monoisotopic (exact) mass is 472 g/mol. The van der Waals surface area contributed by atoms with Crippen LogP contribution >= 0.6 is 11.6 Å². The van der Waals surface area contributed by atoms with E-state index in [1.807, 2.05) is 30.3 Å². The normalized spacial score (nSPS) is 15.9. The Bertz CT molecular complexity index is 939. The number of nitrogen functional groups attached to an aromatic ring is 1. The van der Waals surface area contributed by atoms with Gasteiger partial charge in [-0.2, -0.15) is 0 Å². The lowest BCUT2D eigenvalue weighted by Gasteiger charge is -2.17. The molecule has 1 heterocycles. The van der Waals surface area contributed by atoms with Crippen LogP contribution in [-0.2, 0) is 0 Å². The number of hydrogen-bond donors (Lipinski definition) is 3. The van der Waals surface area contributed by atoms with Gasteiger partial charge in [-0.05, 0) is 56.5 Å². The molecule has 7 nitrogen and oxygen atoms in total. The molecule has 0 bridgehead atoms. The van der Waals surface area contributed by atoms with Gasteiger partial charge in [-0.1, -0.05) is 36.2 Å². The summed E-state index contributed by atoms with van der Waals surface area (Å²) in [6.07, 6.45) is 4.21. The molecule has 0 radical (unpaired) electrons. The molecule has 0 spiro atoms. The van der Waals surface area contributed by atoms with E-state index in [0.29, 0.717) is 46.6 Å². The van der Waals surface area contributed by atoms with Crippen molar-refractivity contribution >= 4 is 29.1 Å². The number of benzene rings is 2. The molecule has 3 rings (SSSR count). The van der Waals surface area contributed by atoms with Crippen LogP contribution in [0.4, 0.5) is 5.69 Å². The van der Waals surface area contributed by atoms with Crippen molar-refractivity contribution < 1.29 is 14.3 Å². The first-order valence-electron chi connectivity index (χ1n) is 11.4. The molecule has 0 aliphatic carbocycles. The number of rotatable bonds is 11. The van der Waals surface area contributed by atoms with Gasteiger partial charge in [-0.15, -0.1) is 0 Å². The van der Waals surface area contributed by atoms with Gasteiger partial charge >= 0.3 is 0 Å². The number of nitrogens with zero attached hydrogens (tertiary/aromatic N) is 1. The van der Waals surface area contributed by atoms with Crippen LogP contribution < -0.4 is 21.1 Å². The van der Waals surface area contributed by atoms with E-state index in [4.69, 9.17) is 22.1 Å². The van der Waals surface area contributed by atoms with Gasteiger partial charge in [-0.25, -0.2) is 0 Å². The molecule has 0 saturated carbocycles. The predicted octanol–water partition coefficient (Wildman–Crippen LogP) is 3.58. The molecule has 1 aliphatic rings. The number of carbonyl (C=O) groups excluding carboxylic acids is 2. The second-order valence-electron chi connectivity index (χ2n) is 8.42. The van der Waals surface area contributed by atoms with E-state index in [1.165, 1.54) is 7.11 Å². The highest BCUT2D eigenvalue weighted by Gasteiger charge is 2.23. The SMILES string of the molecule is COc1cc(N)c(Cl)cc1C(=O)NC[C@H]1CCN(CCCCCNC(=O)c2ccccc2)C1.